The average molecular weight is 285 g/mol. The van der Waals surface area contributed by atoms with Crippen LogP contribution in [0.2, 0.25) is 0 Å². The molecule has 21 heavy (non-hydrogen) atoms. The molecule has 0 spiro atoms. The molecule has 0 fully saturated rings. The summed E-state index contributed by atoms with van der Waals surface area (Å²) in [5.74, 6) is 1.22. The lowest BCUT2D eigenvalue weighted by Gasteiger charge is -2.31. The second kappa shape index (κ2) is 6.90. The standard InChI is InChI=1S/C18H27N3/c1-13(2)11-21(12-14(3)4)18-15(9-19)10-20-17-8-6-5-7-16(17)18/h5-8,10,13-14H,9,11-12,19H2,1-4H3. The molecular weight excluding hydrogens is 258 g/mol. The van der Waals surface area contributed by atoms with Crippen LogP contribution in [0, 0.1) is 11.8 Å². The molecule has 0 radical (unpaired) electrons. The van der Waals surface area contributed by atoms with Crippen LogP contribution in [0.1, 0.15) is 33.3 Å². The van der Waals surface area contributed by atoms with Crippen molar-refractivity contribution in [3.63, 3.8) is 0 Å². The van der Waals surface area contributed by atoms with E-state index in [1.165, 1.54) is 11.1 Å². The molecular formula is C18H27N3. The highest BCUT2D eigenvalue weighted by Crippen LogP contribution is 2.30. The van der Waals surface area contributed by atoms with Gasteiger partial charge in [0.25, 0.3) is 0 Å². The van der Waals surface area contributed by atoms with Crippen LogP contribution in [0.4, 0.5) is 5.69 Å². The number of nitrogens with two attached hydrogens (primary N) is 1. The van der Waals surface area contributed by atoms with Gasteiger partial charge in [0.15, 0.2) is 0 Å². The molecule has 0 aliphatic rings. The van der Waals surface area contributed by atoms with E-state index < -0.39 is 0 Å². The Labute approximate surface area is 128 Å². The molecule has 0 bridgehead atoms. The van der Waals surface area contributed by atoms with E-state index in [4.69, 9.17) is 5.73 Å². The summed E-state index contributed by atoms with van der Waals surface area (Å²) >= 11 is 0. The Morgan fingerprint density at radius 2 is 1.67 bits per heavy atom. The topological polar surface area (TPSA) is 42.1 Å². The summed E-state index contributed by atoms with van der Waals surface area (Å²) in [4.78, 5) is 7.03. The van der Waals surface area contributed by atoms with Gasteiger partial charge in [0.2, 0.25) is 0 Å². The van der Waals surface area contributed by atoms with Crippen LogP contribution in [0.3, 0.4) is 0 Å². The molecule has 2 aromatic rings. The highest BCUT2D eigenvalue weighted by atomic mass is 15.1. The molecule has 1 heterocycles. The molecule has 2 rings (SSSR count). The van der Waals surface area contributed by atoms with Gasteiger partial charge >= 0.3 is 0 Å². The van der Waals surface area contributed by atoms with Crippen molar-refractivity contribution in [1.29, 1.82) is 0 Å². The van der Waals surface area contributed by atoms with Gasteiger partial charge in [-0.15, -0.1) is 0 Å². The quantitative estimate of drug-likeness (QED) is 0.877. The third-order valence-electron chi connectivity index (χ3n) is 3.53. The molecule has 0 saturated heterocycles. The Morgan fingerprint density at radius 3 is 2.24 bits per heavy atom. The van der Waals surface area contributed by atoms with Gasteiger partial charge in [0.05, 0.1) is 11.2 Å². The number of rotatable bonds is 6. The number of hydrogen-bond acceptors (Lipinski definition) is 3. The lowest BCUT2D eigenvalue weighted by molar-refractivity contribution is 0.552. The highest BCUT2D eigenvalue weighted by molar-refractivity contribution is 5.93. The molecule has 0 amide bonds. The predicted molar refractivity (Wildman–Crippen MR) is 91.5 cm³/mol. The van der Waals surface area contributed by atoms with Crippen molar-refractivity contribution in [1.82, 2.24) is 4.98 Å². The maximum Gasteiger partial charge on any atom is 0.0723 e. The Balaban J connectivity index is 2.57. The van der Waals surface area contributed by atoms with Gasteiger partial charge in [-0.2, -0.15) is 0 Å². The smallest absolute Gasteiger partial charge is 0.0723 e. The molecule has 0 unspecified atom stereocenters. The first-order valence-corrected chi connectivity index (χ1v) is 7.84. The average Bonchev–Trinajstić information content (AvgIpc) is 2.44. The van der Waals surface area contributed by atoms with Gasteiger partial charge in [-0.1, -0.05) is 45.9 Å². The largest absolute Gasteiger partial charge is 0.370 e. The number of benzene rings is 1. The summed E-state index contributed by atoms with van der Waals surface area (Å²) in [6.45, 7) is 11.7. The minimum absolute atomic E-state index is 0.528. The summed E-state index contributed by atoms with van der Waals surface area (Å²) in [5.41, 5.74) is 9.42. The third kappa shape index (κ3) is 3.73. The molecule has 1 aromatic heterocycles. The molecule has 3 heteroatoms. The minimum Gasteiger partial charge on any atom is -0.370 e. The number of hydrogen-bond donors (Lipinski definition) is 1. The van der Waals surface area contributed by atoms with Crippen LogP contribution in [-0.2, 0) is 6.54 Å². The Bertz CT molecular complexity index is 580. The molecule has 114 valence electrons. The fourth-order valence-corrected chi connectivity index (χ4v) is 2.83. The molecule has 3 nitrogen and oxygen atoms in total. The number of pyridine rings is 1. The van der Waals surface area contributed by atoms with Gasteiger partial charge in [-0.05, 0) is 17.9 Å². The molecule has 0 aliphatic heterocycles. The van der Waals surface area contributed by atoms with Crippen molar-refractivity contribution in [3.05, 3.63) is 36.0 Å². The van der Waals surface area contributed by atoms with Crippen molar-refractivity contribution in [2.24, 2.45) is 17.6 Å². The fourth-order valence-electron chi connectivity index (χ4n) is 2.83. The summed E-state index contributed by atoms with van der Waals surface area (Å²) in [6.07, 6.45) is 1.94. The van der Waals surface area contributed by atoms with Gasteiger partial charge in [-0.25, -0.2) is 0 Å². The van der Waals surface area contributed by atoms with Gasteiger partial charge in [0.1, 0.15) is 0 Å². The predicted octanol–water partition coefficient (Wildman–Crippen LogP) is 3.81. The maximum atomic E-state index is 5.97. The van der Waals surface area contributed by atoms with Gasteiger partial charge < -0.3 is 10.6 Å². The first-order chi connectivity index (χ1) is 10.0. The summed E-state index contributed by atoms with van der Waals surface area (Å²) in [6, 6.07) is 8.35. The van der Waals surface area contributed by atoms with E-state index in [0.717, 1.165) is 24.2 Å². The number of aromatic nitrogens is 1. The van der Waals surface area contributed by atoms with Crippen LogP contribution in [0.25, 0.3) is 10.9 Å². The first-order valence-electron chi connectivity index (χ1n) is 7.84. The molecule has 2 N–H and O–H groups in total. The van der Waals surface area contributed by atoms with Crippen LogP contribution in [-0.4, -0.2) is 18.1 Å². The van der Waals surface area contributed by atoms with E-state index in [1.54, 1.807) is 0 Å². The zero-order chi connectivity index (χ0) is 15.4. The van der Waals surface area contributed by atoms with Crippen LogP contribution >= 0.6 is 0 Å². The van der Waals surface area contributed by atoms with Gasteiger partial charge in [-0.3, -0.25) is 4.98 Å². The van der Waals surface area contributed by atoms with Gasteiger partial charge in [0, 0.05) is 36.8 Å². The normalized spacial score (nSPS) is 11.6. The van der Waals surface area contributed by atoms with E-state index in [2.05, 4.69) is 55.8 Å². The summed E-state index contributed by atoms with van der Waals surface area (Å²) < 4.78 is 0. The van der Waals surface area contributed by atoms with E-state index in [1.807, 2.05) is 12.3 Å². The van der Waals surface area contributed by atoms with E-state index in [-0.39, 0.29) is 0 Å². The Morgan fingerprint density at radius 1 is 1.05 bits per heavy atom. The maximum absolute atomic E-state index is 5.97. The lowest BCUT2D eigenvalue weighted by Crippen LogP contribution is -2.32. The van der Waals surface area contributed by atoms with Crippen LogP contribution in [0.15, 0.2) is 30.5 Å². The fraction of sp³-hybridized carbons (Fsp3) is 0.500. The molecule has 0 saturated carbocycles. The first kappa shape index (κ1) is 15.8. The number of para-hydroxylation sites is 1. The lowest BCUT2D eigenvalue weighted by atomic mass is 10.0. The Kier molecular flexibility index (Phi) is 5.18. The van der Waals surface area contributed by atoms with Crippen molar-refractivity contribution in [2.45, 2.75) is 34.2 Å². The van der Waals surface area contributed by atoms with Crippen LogP contribution in [0.5, 0.6) is 0 Å². The SMILES string of the molecule is CC(C)CN(CC(C)C)c1c(CN)cnc2ccccc12. The van der Waals surface area contributed by atoms with Crippen molar-refractivity contribution >= 4 is 16.6 Å². The Hall–Kier alpha value is -1.61. The summed E-state index contributed by atoms with van der Waals surface area (Å²) in [7, 11) is 0. The zero-order valence-electron chi connectivity index (χ0n) is 13.6. The minimum atomic E-state index is 0.528. The second-order valence-electron chi connectivity index (χ2n) is 6.55. The van der Waals surface area contributed by atoms with Crippen molar-refractivity contribution in [2.75, 3.05) is 18.0 Å². The molecule has 0 aliphatic carbocycles. The van der Waals surface area contributed by atoms with Crippen molar-refractivity contribution < 1.29 is 0 Å². The van der Waals surface area contributed by atoms with E-state index >= 15 is 0 Å². The van der Waals surface area contributed by atoms with E-state index in [0.29, 0.717) is 18.4 Å². The molecule has 1 aromatic carbocycles. The second-order valence-corrected chi connectivity index (χ2v) is 6.55. The van der Waals surface area contributed by atoms with E-state index in [9.17, 15) is 0 Å². The molecule has 0 atom stereocenters. The number of nitrogens with zero attached hydrogens (tertiary/aromatic N) is 2. The third-order valence-corrected chi connectivity index (χ3v) is 3.53. The monoisotopic (exact) mass is 285 g/mol. The number of fused-ring (bicyclic) bond motifs is 1. The van der Waals surface area contributed by atoms with Crippen molar-refractivity contribution in [3.8, 4) is 0 Å². The zero-order valence-corrected chi connectivity index (χ0v) is 13.6. The van der Waals surface area contributed by atoms with Crippen LogP contribution < -0.4 is 10.6 Å². The highest BCUT2D eigenvalue weighted by Gasteiger charge is 2.17. The summed E-state index contributed by atoms with van der Waals surface area (Å²) in [5, 5.41) is 1.21. The number of anilines is 1.